The Morgan fingerprint density at radius 3 is 2.66 bits per heavy atom. The predicted molar refractivity (Wildman–Crippen MR) is 109 cm³/mol. The van der Waals surface area contributed by atoms with Crippen LogP contribution < -0.4 is 10.6 Å². The molecule has 152 valence electrons. The van der Waals surface area contributed by atoms with Crippen molar-refractivity contribution in [2.75, 3.05) is 13.2 Å². The van der Waals surface area contributed by atoms with E-state index < -0.39 is 6.04 Å². The number of nitrogens with zero attached hydrogens (tertiary/aromatic N) is 2. The summed E-state index contributed by atoms with van der Waals surface area (Å²) in [7, 11) is 0. The number of nitrogens with one attached hydrogen (secondary N) is 2. The van der Waals surface area contributed by atoms with Crippen molar-refractivity contribution in [2.45, 2.75) is 38.6 Å². The molecule has 1 aromatic carbocycles. The number of unbranched alkanes of at least 4 members (excludes halogenated alkanes) is 1. The van der Waals surface area contributed by atoms with Crippen LogP contribution in [0.4, 0.5) is 4.79 Å². The third kappa shape index (κ3) is 8.01. The van der Waals surface area contributed by atoms with Gasteiger partial charge >= 0.3 is 12.0 Å². The van der Waals surface area contributed by atoms with Crippen molar-refractivity contribution in [3.63, 3.8) is 0 Å². The Morgan fingerprint density at radius 1 is 1.21 bits per heavy atom. The first kappa shape index (κ1) is 21.9. The van der Waals surface area contributed by atoms with E-state index in [1.54, 1.807) is 25.4 Å². The number of rotatable bonds is 10. The number of aryl methyl sites for hydroxylation is 1. The number of hydrogen-bond acceptors (Lipinski definition) is 5. The molecule has 0 aliphatic carbocycles. The summed E-state index contributed by atoms with van der Waals surface area (Å²) in [5.41, 5.74) is 2.56. The highest BCUT2D eigenvalue weighted by molar-refractivity contribution is 5.76. The number of ether oxygens (including phenoxy) is 1. The average molecular weight is 394 g/mol. The summed E-state index contributed by atoms with van der Waals surface area (Å²) in [6, 6.07) is 12.4. The number of esters is 1. The van der Waals surface area contributed by atoms with Crippen LogP contribution in [0.5, 0.6) is 0 Å². The molecule has 0 radical (unpaired) electrons. The fourth-order valence-corrected chi connectivity index (χ4v) is 2.83. The lowest BCUT2D eigenvalue weighted by Gasteiger charge is -2.18. The van der Waals surface area contributed by atoms with Crippen LogP contribution in [-0.2, 0) is 16.0 Å². The fourth-order valence-electron chi connectivity index (χ4n) is 2.83. The molecule has 1 aromatic heterocycles. The van der Waals surface area contributed by atoms with E-state index in [0.29, 0.717) is 18.7 Å². The van der Waals surface area contributed by atoms with Crippen molar-refractivity contribution in [1.82, 2.24) is 15.6 Å². The number of pyridine rings is 1. The highest BCUT2D eigenvalue weighted by Gasteiger charge is 2.19. The highest BCUT2D eigenvalue weighted by atomic mass is 16.5. The summed E-state index contributed by atoms with van der Waals surface area (Å²) in [4.78, 5) is 28.1. The van der Waals surface area contributed by atoms with Gasteiger partial charge in [0.15, 0.2) is 0 Å². The van der Waals surface area contributed by atoms with Gasteiger partial charge in [-0.15, -0.1) is 0 Å². The minimum Gasteiger partial charge on any atom is -0.466 e. The predicted octanol–water partition coefficient (Wildman–Crippen LogP) is 3.27. The Hall–Kier alpha value is -3.40. The lowest BCUT2D eigenvalue weighted by atomic mass is 10.1. The van der Waals surface area contributed by atoms with E-state index in [-0.39, 0.29) is 18.4 Å². The number of benzene rings is 1. The first-order valence-electron chi connectivity index (χ1n) is 9.71. The minimum absolute atomic E-state index is 0.0473. The first-order chi connectivity index (χ1) is 14.1. The summed E-state index contributed by atoms with van der Waals surface area (Å²) in [5.74, 6) is -0.371. The molecule has 2 rings (SSSR count). The maximum atomic E-state index is 12.2. The van der Waals surface area contributed by atoms with Crippen LogP contribution in [0, 0.1) is 11.3 Å². The van der Waals surface area contributed by atoms with Gasteiger partial charge in [-0.25, -0.2) is 4.79 Å². The molecular weight excluding hydrogens is 368 g/mol. The topological polar surface area (TPSA) is 104 Å². The Morgan fingerprint density at radius 2 is 2.00 bits per heavy atom. The van der Waals surface area contributed by atoms with Crippen LogP contribution in [0.2, 0.25) is 0 Å². The van der Waals surface area contributed by atoms with E-state index >= 15 is 0 Å². The zero-order valence-electron chi connectivity index (χ0n) is 16.6. The summed E-state index contributed by atoms with van der Waals surface area (Å²) in [6.07, 6.45) is 5.94. The number of aromatic nitrogens is 1. The molecule has 0 saturated heterocycles. The molecule has 7 heteroatoms. The van der Waals surface area contributed by atoms with Crippen molar-refractivity contribution < 1.29 is 14.3 Å². The first-order valence-corrected chi connectivity index (χ1v) is 9.71. The van der Waals surface area contributed by atoms with E-state index in [9.17, 15) is 9.59 Å². The van der Waals surface area contributed by atoms with E-state index in [1.165, 1.54) is 5.56 Å². The number of carbonyl (C=O) groups excluding carboxylic acids is 2. The monoisotopic (exact) mass is 394 g/mol. The van der Waals surface area contributed by atoms with Crippen molar-refractivity contribution in [3.8, 4) is 6.07 Å². The molecule has 2 N–H and O–H groups in total. The van der Waals surface area contributed by atoms with Crippen molar-refractivity contribution in [1.29, 1.82) is 5.26 Å². The molecule has 0 aliphatic heterocycles. The summed E-state index contributed by atoms with van der Waals surface area (Å²) in [5, 5.41) is 14.5. The van der Waals surface area contributed by atoms with E-state index in [0.717, 1.165) is 24.8 Å². The van der Waals surface area contributed by atoms with Crippen LogP contribution in [-0.4, -0.2) is 30.1 Å². The lowest BCUT2D eigenvalue weighted by Crippen LogP contribution is -2.39. The molecule has 2 aromatic rings. The molecule has 1 heterocycles. The molecular formula is C22H26N4O3. The van der Waals surface area contributed by atoms with Gasteiger partial charge in [0.2, 0.25) is 0 Å². The number of hydrogen-bond donors (Lipinski definition) is 2. The number of carbonyl (C=O) groups is 2. The van der Waals surface area contributed by atoms with Gasteiger partial charge in [-0.05, 0) is 55.5 Å². The molecule has 29 heavy (non-hydrogen) atoms. The normalized spacial score (nSPS) is 11.2. The zero-order valence-corrected chi connectivity index (χ0v) is 16.6. The summed E-state index contributed by atoms with van der Waals surface area (Å²) < 4.78 is 5.00. The van der Waals surface area contributed by atoms with E-state index in [1.807, 2.05) is 30.3 Å². The zero-order chi connectivity index (χ0) is 20.9. The second kappa shape index (κ2) is 12.1. The van der Waals surface area contributed by atoms with Gasteiger partial charge in [0.25, 0.3) is 0 Å². The van der Waals surface area contributed by atoms with Gasteiger partial charge in [-0.2, -0.15) is 5.26 Å². The maximum absolute atomic E-state index is 12.2. The van der Waals surface area contributed by atoms with E-state index in [4.69, 9.17) is 10.00 Å². The number of amides is 2. The quantitative estimate of drug-likeness (QED) is 0.475. The van der Waals surface area contributed by atoms with Gasteiger partial charge in [0, 0.05) is 18.9 Å². The standard InChI is InChI=1S/C22H26N4O3/c1-2-29-21(27)14-20(19-7-5-12-24-16-19)26-22(28)25-13-4-3-6-17-8-10-18(15-23)11-9-17/h5,7-12,16,20H,2-4,6,13-14H2,1H3,(H2,25,26,28). The number of nitriles is 1. The van der Waals surface area contributed by atoms with Crippen LogP contribution in [0.25, 0.3) is 0 Å². The van der Waals surface area contributed by atoms with Gasteiger partial charge in [-0.3, -0.25) is 9.78 Å². The Balaban J connectivity index is 1.75. The van der Waals surface area contributed by atoms with Gasteiger partial charge < -0.3 is 15.4 Å². The molecule has 0 aliphatic rings. The minimum atomic E-state index is -0.499. The Labute approximate surface area is 171 Å². The molecule has 0 bridgehead atoms. The van der Waals surface area contributed by atoms with Crippen molar-refractivity contribution in [2.24, 2.45) is 0 Å². The van der Waals surface area contributed by atoms with Crippen molar-refractivity contribution >= 4 is 12.0 Å². The van der Waals surface area contributed by atoms with Crippen LogP contribution in [0.15, 0.2) is 48.8 Å². The Bertz CT molecular complexity index is 816. The summed E-state index contributed by atoms with van der Waals surface area (Å²) in [6.45, 7) is 2.57. The molecule has 1 atom stereocenters. The molecule has 0 fully saturated rings. The number of urea groups is 1. The van der Waals surface area contributed by atoms with Gasteiger partial charge in [0.1, 0.15) is 0 Å². The molecule has 1 unspecified atom stereocenters. The van der Waals surface area contributed by atoms with Crippen LogP contribution in [0.1, 0.15) is 48.9 Å². The largest absolute Gasteiger partial charge is 0.466 e. The van der Waals surface area contributed by atoms with Crippen LogP contribution >= 0.6 is 0 Å². The fraction of sp³-hybridized carbons (Fsp3) is 0.364. The molecule has 7 nitrogen and oxygen atoms in total. The molecule has 0 saturated carbocycles. The van der Waals surface area contributed by atoms with E-state index in [2.05, 4.69) is 21.7 Å². The lowest BCUT2D eigenvalue weighted by molar-refractivity contribution is -0.143. The highest BCUT2D eigenvalue weighted by Crippen LogP contribution is 2.16. The van der Waals surface area contributed by atoms with Crippen molar-refractivity contribution in [3.05, 3.63) is 65.5 Å². The molecule has 0 spiro atoms. The second-order valence-corrected chi connectivity index (χ2v) is 6.51. The smallest absolute Gasteiger partial charge is 0.315 e. The summed E-state index contributed by atoms with van der Waals surface area (Å²) >= 11 is 0. The average Bonchev–Trinajstić information content (AvgIpc) is 2.74. The van der Waals surface area contributed by atoms with Crippen LogP contribution in [0.3, 0.4) is 0 Å². The maximum Gasteiger partial charge on any atom is 0.315 e. The van der Waals surface area contributed by atoms with Gasteiger partial charge in [0.05, 0.1) is 30.7 Å². The SMILES string of the molecule is CCOC(=O)CC(NC(=O)NCCCCc1ccc(C#N)cc1)c1cccnc1. The van der Waals surface area contributed by atoms with Gasteiger partial charge in [-0.1, -0.05) is 18.2 Å². The Kier molecular flexibility index (Phi) is 9.16. The molecule has 2 amide bonds. The second-order valence-electron chi connectivity index (χ2n) is 6.51. The third-order valence-corrected chi connectivity index (χ3v) is 4.33. The third-order valence-electron chi connectivity index (χ3n) is 4.33.